The van der Waals surface area contributed by atoms with Gasteiger partial charge in [-0.15, -0.1) is 0 Å². The third-order valence-electron chi connectivity index (χ3n) is 2.91. The van der Waals surface area contributed by atoms with E-state index in [9.17, 15) is 4.79 Å². The molecule has 2 aromatic heterocycles. The van der Waals surface area contributed by atoms with Crippen LogP contribution in [0.15, 0.2) is 35.1 Å². The molecule has 0 unspecified atom stereocenters. The van der Waals surface area contributed by atoms with Crippen LogP contribution in [0, 0.1) is 0 Å². The molecular weight excluding hydrogens is 218 g/mol. The van der Waals surface area contributed by atoms with Gasteiger partial charge in [0.15, 0.2) is 0 Å². The number of furan rings is 1. The quantitative estimate of drug-likeness (QED) is 0.687. The predicted octanol–water partition coefficient (Wildman–Crippen LogP) is 2.63. The molecule has 1 N–H and O–H groups in total. The smallest absolute Gasteiger partial charge is 0.310 e. The molecule has 0 atom stereocenters. The number of nitrogens with one attached hydrogen (secondary N) is 1. The number of aromatic nitrogens is 1. The fourth-order valence-corrected chi connectivity index (χ4v) is 2.09. The summed E-state index contributed by atoms with van der Waals surface area (Å²) in [6, 6.07) is 5.84. The Kier molecular flexibility index (Phi) is 2.14. The molecule has 0 amide bonds. The van der Waals surface area contributed by atoms with Gasteiger partial charge in [0.25, 0.3) is 0 Å². The Hall–Kier alpha value is -2.23. The Morgan fingerprint density at radius 3 is 3.12 bits per heavy atom. The summed E-state index contributed by atoms with van der Waals surface area (Å²) >= 11 is 0. The van der Waals surface area contributed by atoms with Crippen molar-refractivity contribution in [2.24, 2.45) is 0 Å². The zero-order valence-corrected chi connectivity index (χ0v) is 9.32. The minimum Gasteiger partial charge on any atom is -0.469 e. The summed E-state index contributed by atoms with van der Waals surface area (Å²) in [6.07, 6.45) is 3.72. The molecule has 4 heteroatoms. The van der Waals surface area contributed by atoms with Crippen LogP contribution in [-0.4, -0.2) is 18.1 Å². The van der Waals surface area contributed by atoms with Crippen molar-refractivity contribution in [2.45, 2.75) is 6.42 Å². The van der Waals surface area contributed by atoms with Gasteiger partial charge in [0.2, 0.25) is 0 Å². The van der Waals surface area contributed by atoms with E-state index < -0.39 is 0 Å². The highest BCUT2D eigenvalue weighted by molar-refractivity contribution is 6.07. The van der Waals surface area contributed by atoms with Crippen LogP contribution in [0.5, 0.6) is 0 Å². The highest BCUT2D eigenvalue weighted by Gasteiger charge is 2.13. The number of carbonyl (C=O) groups excluding carboxylic acids is 1. The van der Waals surface area contributed by atoms with E-state index in [2.05, 4.69) is 9.72 Å². The van der Waals surface area contributed by atoms with Gasteiger partial charge in [-0.05, 0) is 18.2 Å². The van der Waals surface area contributed by atoms with Gasteiger partial charge in [-0.3, -0.25) is 4.79 Å². The number of rotatable bonds is 2. The molecule has 3 aromatic rings. The standard InChI is InChI=1S/C13H11NO3/c1-16-12(15)6-8-7-17-11-3-2-10-9(13(8)11)4-5-14-10/h2-5,7,14H,6H2,1H3. The van der Waals surface area contributed by atoms with E-state index in [1.807, 2.05) is 24.4 Å². The molecule has 0 spiro atoms. The molecule has 2 heterocycles. The SMILES string of the molecule is COC(=O)Cc1coc2ccc3[nH]ccc3c12. The number of carbonyl (C=O) groups is 1. The predicted molar refractivity (Wildman–Crippen MR) is 63.8 cm³/mol. The topological polar surface area (TPSA) is 55.2 Å². The van der Waals surface area contributed by atoms with Gasteiger partial charge in [0.05, 0.1) is 19.8 Å². The van der Waals surface area contributed by atoms with E-state index in [0.717, 1.165) is 27.4 Å². The van der Waals surface area contributed by atoms with E-state index >= 15 is 0 Å². The van der Waals surface area contributed by atoms with Crippen molar-refractivity contribution in [3.05, 3.63) is 36.2 Å². The molecule has 4 nitrogen and oxygen atoms in total. The molecule has 0 saturated carbocycles. The molecule has 1 aromatic carbocycles. The van der Waals surface area contributed by atoms with Gasteiger partial charge < -0.3 is 14.1 Å². The number of fused-ring (bicyclic) bond motifs is 3. The van der Waals surface area contributed by atoms with Crippen molar-refractivity contribution in [3.8, 4) is 0 Å². The minimum atomic E-state index is -0.264. The number of hydrogen-bond donors (Lipinski definition) is 1. The summed E-state index contributed by atoms with van der Waals surface area (Å²) in [5.41, 5.74) is 2.68. The van der Waals surface area contributed by atoms with Crippen LogP contribution in [0.1, 0.15) is 5.56 Å². The molecule has 0 aliphatic heterocycles. The molecule has 0 aliphatic carbocycles. The van der Waals surface area contributed by atoms with Crippen molar-refractivity contribution in [2.75, 3.05) is 7.11 Å². The van der Waals surface area contributed by atoms with Crippen molar-refractivity contribution < 1.29 is 13.9 Å². The highest BCUT2D eigenvalue weighted by Crippen LogP contribution is 2.29. The second-order valence-electron chi connectivity index (χ2n) is 3.89. The summed E-state index contributed by atoms with van der Waals surface area (Å²) in [7, 11) is 1.39. The lowest BCUT2D eigenvalue weighted by molar-refractivity contribution is -0.139. The van der Waals surface area contributed by atoms with Crippen LogP contribution in [0.3, 0.4) is 0 Å². The fraction of sp³-hybridized carbons (Fsp3) is 0.154. The molecule has 17 heavy (non-hydrogen) atoms. The zero-order chi connectivity index (χ0) is 11.8. The van der Waals surface area contributed by atoms with Gasteiger partial charge in [0.1, 0.15) is 5.58 Å². The monoisotopic (exact) mass is 229 g/mol. The highest BCUT2D eigenvalue weighted by atomic mass is 16.5. The van der Waals surface area contributed by atoms with Crippen LogP contribution in [0.25, 0.3) is 21.9 Å². The zero-order valence-electron chi connectivity index (χ0n) is 9.32. The fourth-order valence-electron chi connectivity index (χ4n) is 2.09. The van der Waals surface area contributed by atoms with Gasteiger partial charge in [0, 0.05) is 28.0 Å². The third kappa shape index (κ3) is 1.49. The summed E-state index contributed by atoms with van der Waals surface area (Å²) < 4.78 is 10.1. The maximum atomic E-state index is 11.3. The number of ether oxygens (including phenoxy) is 1. The van der Waals surface area contributed by atoms with Crippen LogP contribution >= 0.6 is 0 Å². The summed E-state index contributed by atoms with van der Waals surface area (Å²) in [4.78, 5) is 14.5. The van der Waals surface area contributed by atoms with E-state index in [4.69, 9.17) is 4.42 Å². The number of methoxy groups -OCH3 is 1. The number of benzene rings is 1. The summed E-state index contributed by atoms with van der Waals surface area (Å²) in [6.45, 7) is 0. The normalized spacial score (nSPS) is 11.1. The molecule has 3 rings (SSSR count). The number of aromatic amines is 1. The molecule has 0 bridgehead atoms. The van der Waals surface area contributed by atoms with Crippen LogP contribution in [-0.2, 0) is 16.0 Å². The van der Waals surface area contributed by atoms with E-state index in [1.165, 1.54) is 7.11 Å². The lowest BCUT2D eigenvalue weighted by Gasteiger charge is -1.98. The second kappa shape index (κ2) is 3.66. The van der Waals surface area contributed by atoms with Gasteiger partial charge in [-0.2, -0.15) is 0 Å². The van der Waals surface area contributed by atoms with E-state index in [-0.39, 0.29) is 12.4 Å². The number of hydrogen-bond acceptors (Lipinski definition) is 3. The van der Waals surface area contributed by atoms with Crippen molar-refractivity contribution >= 4 is 27.8 Å². The van der Waals surface area contributed by atoms with Gasteiger partial charge in [-0.25, -0.2) is 0 Å². The molecule has 86 valence electrons. The van der Waals surface area contributed by atoms with Crippen molar-refractivity contribution in [1.29, 1.82) is 0 Å². The Balaban J connectivity index is 2.24. The first kappa shape index (κ1) is 9.96. The first-order valence-electron chi connectivity index (χ1n) is 5.32. The maximum Gasteiger partial charge on any atom is 0.310 e. The van der Waals surface area contributed by atoms with E-state index in [1.54, 1.807) is 6.26 Å². The number of esters is 1. The second-order valence-corrected chi connectivity index (χ2v) is 3.89. The lowest BCUT2D eigenvalue weighted by atomic mass is 10.1. The number of H-pyrrole nitrogens is 1. The van der Waals surface area contributed by atoms with Gasteiger partial charge in [-0.1, -0.05) is 0 Å². The summed E-state index contributed by atoms with van der Waals surface area (Å²) in [5.74, 6) is -0.264. The van der Waals surface area contributed by atoms with Crippen LogP contribution in [0.2, 0.25) is 0 Å². The Bertz CT molecular complexity index is 693. The average Bonchev–Trinajstić information content (AvgIpc) is 2.94. The average molecular weight is 229 g/mol. The lowest BCUT2D eigenvalue weighted by Crippen LogP contribution is -2.03. The Morgan fingerprint density at radius 1 is 1.41 bits per heavy atom. The molecule has 0 radical (unpaired) electrons. The molecular formula is C13H11NO3. The van der Waals surface area contributed by atoms with E-state index in [0.29, 0.717) is 0 Å². The van der Waals surface area contributed by atoms with Crippen LogP contribution in [0.4, 0.5) is 0 Å². The largest absolute Gasteiger partial charge is 0.469 e. The minimum absolute atomic E-state index is 0.230. The molecule has 0 fully saturated rings. The van der Waals surface area contributed by atoms with Crippen LogP contribution < -0.4 is 0 Å². The van der Waals surface area contributed by atoms with Gasteiger partial charge >= 0.3 is 5.97 Å². The first-order chi connectivity index (χ1) is 8.29. The molecule has 0 saturated heterocycles. The maximum absolute atomic E-state index is 11.3. The Labute approximate surface area is 97.2 Å². The summed E-state index contributed by atoms with van der Waals surface area (Å²) in [5, 5.41) is 2.05. The molecule has 0 aliphatic rings. The van der Waals surface area contributed by atoms with Crippen molar-refractivity contribution in [3.63, 3.8) is 0 Å². The van der Waals surface area contributed by atoms with Crippen molar-refractivity contribution in [1.82, 2.24) is 4.98 Å². The third-order valence-corrected chi connectivity index (χ3v) is 2.91. The first-order valence-corrected chi connectivity index (χ1v) is 5.32. The Morgan fingerprint density at radius 2 is 2.29 bits per heavy atom.